The highest BCUT2D eigenvalue weighted by Crippen LogP contribution is 2.23. The summed E-state index contributed by atoms with van der Waals surface area (Å²) in [4.78, 5) is 2.19. The number of hydrogen-bond acceptors (Lipinski definition) is 5. The molecule has 2 aromatic heterocycles. The molecule has 0 bridgehead atoms. The van der Waals surface area contributed by atoms with Gasteiger partial charge in [0.2, 0.25) is 0 Å². The van der Waals surface area contributed by atoms with Crippen molar-refractivity contribution in [3.63, 3.8) is 0 Å². The largest absolute Gasteiger partial charge is 0.301 e. The van der Waals surface area contributed by atoms with Crippen molar-refractivity contribution in [2.45, 2.75) is 37.5 Å². The molecule has 0 aliphatic rings. The van der Waals surface area contributed by atoms with Crippen molar-refractivity contribution in [1.29, 1.82) is 0 Å². The summed E-state index contributed by atoms with van der Waals surface area (Å²) in [7, 11) is 4.00. The lowest BCUT2D eigenvalue weighted by Crippen LogP contribution is -2.20. The number of aromatic nitrogens is 5. The van der Waals surface area contributed by atoms with E-state index in [2.05, 4.69) is 45.3 Å². The lowest BCUT2D eigenvalue weighted by molar-refractivity contribution is 0.304. The van der Waals surface area contributed by atoms with Crippen molar-refractivity contribution in [2.24, 2.45) is 7.05 Å². The molecule has 0 saturated heterocycles. The molecule has 3 rings (SSSR count). The summed E-state index contributed by atoms with van der Waals surface area (Å²) < 4.78 is 17.3. The van der Waals surface area contributed by atoms with E-state index in [0.717, 1.165) is 28.8 Å². The van der Waals surface area contributed by atoms with E-state index in [1.165, 1.54) is 11.6 Å². The van der Waals surface area contributed by atoms with E-state index in [0.29, 0.717) is 18.8 Å². The second kappa shape index (κ2) is 9.16. The van der Waals surface area contributed by atoms with E-state index in [4.69, 9.17) is 0 Å². The molecule has 0 aliphatic heterocycles. The highest BCUT2D eigenvalue weighted by molar-refractivity contribution is 7.98. The molecule has 0 radical (unpaired) electrons. The number of hydrogen-bond donors (Lipinski definition) is 0. The molecule has 28 heavy (non-hydrogen) atoms. The predicted octanol–water partition coefficient (Wildman–Crippen LogP) is 3.57. The van der Waals surface area contributed by atoms with Crippen LogP contribution in [0.2, 0.25) is 0 Å². The zero-order valence-corrected chi connectivity index (χ0v) is 17.3. The van der Waals surface area contributed by atoms with Gasteiger partial charge in [-0.2, -0.15) is 5.10 Å². The van der Waals surface area contributed by atoms with Crippen LogP contribution in [0.5, 0.6) is 0 Å². The van der Waals surface area contributed by atoms with Gasteiger partial charge in [0.15, 0.2) is 5.16 Å². The van der Waals surface area contributed by atoms with Gasteiger partial charge in [0, 0.05) is 37.1 Å². The predicted molar refractivity (Wildman–Crippen MR) is 109 cm³/mol. The van der Waals surface area contributed by atoms with Crippen molar-refractivity contribution in [3.05, 3.63) is 71.6 Å². The van der Waals surface area contributed by atoms with E-state index in [1.54, 1.807) is 23.9 Å². The molecule has 0 aliphatic carbocycles. The second-order valence-electron chi connectivity index (χ2n) is 6.77. The zero-order chi connectivity index (χ0) is 20.1. The van der Waals surface area contributed by atoms with Gasteiger partial charge >= 0.3 is 0 Å². The Morgan fingerprint density at radius 3 is 2.79 bits per heavy atom. The topological polar surface area (TPSA) is 51.8 Å². The molecule has 6 nitrogen and oxygen atoms in total. The van der Waals surface area contributed by atoms with Crippen LogP contribution in [0.25, 0.3) is 0 Å². The van der Waals surface area contributed by atoms with E-state index in [1.807, 2.05) is 30.1 Å². The molecule has 0 spiro atoms. The molecule has 0 amide bonds. The Bertz CT molecular complexity index is 948. The molecule has 0 atom stereocenters. The number of benzene rings is 1. The van der Waals surface area contributed by atoms with Crippen LogP contribution in [0.15, 0.2) is 48.3 Å². The third-order valence-corrected chi connectivity index (χ3v) is 5.59. The summed E-state index contributed by atoms with van der Waals surface area (Å²) in [5.41, 5.74) is 3.27. The van der Waals surface area contributed by atoms with Gasteiger partial charge in [0.1, 0.15) is 11.6 Å². The van der Waals surface area contributed by atoms with Crippen LogP contribution in [0.3, 0.4) is 0 Å². The maximum Gasteiger partial charge on any atom is 0.191 e. The van der Waals surface area contributed by atoms with Crippen LogP contribution >= 0.6 is 11.8 Å². The van der Waals surface area contributed by atoms with Gasteiger partial charge in [-0.25, -0.2) is 4.39 Å². The van der Waals surface area contributed by atoms with Crippen molar-refractivity contribution in [3.8, 4) is 0 Å². The fourth-order valence-electron chi connectivity index (χ4n) is 2.92. The first kappa shape index (κ1) is 20.3. The van der Waals surface area contributed by atoms with Crippen LogP contribution in [-0.2, 0) is 32.4 Å². The molecule has 8 heteroatoms. The summed E-state index contributed by atoms with van der Waals surface area (Å²) in [5, 5.41) is 13.8. The molecule has 1 aromatic carbocycles. The van der Waals surface area contributed by atoms with E-state index < -0.39 is 0 Å². The number of thioether (sulfide) groups is 1. The Labute approximate surface area is 169 Å². The van der Waals surface area contributed by atoms with Gasteiger partial charge in [-0.3, -0.25) is 9.58 Å². The summed E-state index contributed by atoms with van der Waals surface area (Å²) in [5.74, 6) is 1.29. The van der Waals surface area contributed by atoms with E-state index >= 15 is 0 Å². The first-order chi connectivity index (χ1) is 13.5. The van der Waals surface area contributed by atoms with Crippen LogP contribution in [-0.4, -0.2) is 36.5 Å². The summed E-state index contributed by atoms with van der Waals surface area (Å²) in [6.45, 7) is 8.00. The summed E-state index contributed by atoms with van der Waals surface area (Å²) in [6, 6.07) is 6.63. The molecular weight excluding hydrogens is 375 g/mol. The maximum absolute atomic E-state index is 13.4. The molecule has 148 valence electrons. The van der Waals surface area contributed by atoms with E-state index in [9.17, 15) is 4.39 Å². The molecule has 0 fully saturated rings. The number of rotatable bonds is 9. The summed E-state index contributed by atoms with van der Waals surface area (Å²) >= 11 is 1.55. The van der Waals surface area contributed by atoms with Crippen molar-refractivity contribution < 1.29 is 4.39 Å². The molecule has 0 N–H and O–H groups in total. The highest BCUT2D eigenvalue weighted by atomic mass is 32.2. The van der Waals surface area contributed by atoms with Gasteiger partial charge < -0.3 is 4.57 Å². The number of allylic oxidation sites excluding steroid dienone is 1. The zero-order valence-electron chi connectivity index (χ0n) is 16.5. The van der Waals surface area contributed by atoms with E-state index in [-0.39, 0.29) is 5.82 Å². The average molecular weight is 401 g/mol. The second-order valence-corrected chi connectivity index (χ2v) is 7.71. The molecule has 2 heterocycles. The first-order valence-electron chi connectivity index (χ1n) is 9.04. The minimum Gasteiger partial charge on any atom is -0.301 e. The van der Waals surface area contributed by atoms with Crippen molar-refractivity contribution in [1.82, 2.24) is 29.4 Å². The van der Waals surface area contributed by atoms with Crippen molar-refractivity contribution >= 4 is 11.8 Å². The van der Waals surface area contributed by atoms with Gasteiger partial charge in [-0.15, -0.1) is 16.8 Å². The monoisotopic (exact) mass is 400 g/mol. The van der Waals surface area contributed by atoms with Gasteiger partial charge in [0.25, 0.3) is 0 Å². The average Bonchev–Trinajstić information content (AvgIpc) is 3.18. The van der Waals surface area contributed by atoms with Crippen LogP contribution in [0.4, 0.5) is 4.39 Å². The SMILES string of the molecule is C=CCn1c(CN(C)Cc2cnn(C)c2C)nnc1SCc1cccc(F)c1. The molecule has 3 aromatic rings. The third kappa shape index (κ3) is 4.88. The molecular formula is C20H25FN6S. The quantitative estimate of drug-likeness (QED) is 0.406. The smallest absolute Gasteiger partial charge is 0.191 e. The highest BCUT2D eigenvalue weighted by Gasteiger charge is 2.15. The Morgan fingerprint density at radius 1 is 1.29 bits per heavy atom. The minimum atomic E-state index is -0.223. The van der Waals surface area contributed by atoms with Crippen LogP contribution < -0.4 is 0 Å². The standard InChI is InChI=1S/C20H25FN6S/c1-5-9-27-19(13-25(3)12-17-11-22-26(4)15(17)2)23-24-20(27)28-14-16-7-6-8-18(21)10-16/h5-8,10-11H,1,9,12-14H2,2-4H3. The van der Waals surface area contributed by atoms with Crippen LogP contribution in [0.1, 0.15) is 22.6 Å². The van der Waals surface area contributed by atoms with Gasteiger partial charge in [-0.05, 0) is 31.7 Å². The fourth-order valence-corrected chi connectivity index (χ4v) is 3.83. The Morgan fingerprint density at radius 2 is 2.11 bits per heavy atom. The fraction of sp³-hybridized carbons (Fsp3) is 0.350. The van der Waals surface area contributed by atoms with Gasteiger partial charge in [0.05, 0.1) is 12.7 Å². The first-order valence-corrected chi connectivity index (χ1v) is 10.0. The number of halogens is 1. The van der Waals surface area contributed by atoms with Crippen LogP contribution in [0, 0.1) is 12.7 Å². The Balaban J connectivity index is 1.69. The Kier molecular flexibility index (Phi) is 6.64. The molecule has 0 unspecified atom stereocenters. The minimum absolute atomic E-state index is 0.223. The van der Waals surface area contributed by atoms with Crippen molar-refractivity contribution in [2.75, 3.05) is 7.05 Å². The Hall–Kier alpha value is -2.45. The third-order valence-electron chi connectivity index (χ3n) is 4.55. The lowest BCUT2D eigenvalue weighted by Gasteiger charge is -2.16. The number of nitrogens with zero attached hydrogens (tertiary/aromatic N) is 6. The normalized spacial score (nSPS) is 11.3. The maximum atomic E-state index is 13.4. The number of aryl methyl sites for hydroxylation is 1. The van der Waals surface area contributed by atoms with Gasteiger partial charge in [-0.1, -0.05) is 30.0 Å². The lowest BCUT2D eigenvalue weighted by atomic mass is 10.2. The molecule has 0 saturated carbocycles. The summed E-state index contributed by atoms with van der Waals surface area (Å²) in [6.07, 6.45) is 3.74.